The molecule has 0 aliphatic heterocycles. The number of ether oxygens (including phenoxy) is 1. The van der Waals surface area contributed by atoms with Crippen molar-refractivity contribution in [3.63, 3.8) is 0 Å². The molecule has 0 aromatic carbocycles. The van der Waals surface area contributed by atoms with E-state index in [1.165, 1.54) is 0 Å². The van der Waals surface area contributed by atoms with Gasteiger partial charge in [0.25, 0.3) is 0 Å². The second-order valence-corrected chi connectivity index (χ2v) is 3.18. The Hall–Kier alpha value is -1.58. The van der Waals surface area contributed by atoms with E-state index in [9.17, 15) is 4.79 Å². The lowest BCUT2D eigenvalue weighted by atomic mass is 10.3. The smallest absolute Gasteiger partial charge is 0.407 e. The number of carbonyl (C=O) groups excluding carboxylic acids is 1. The number of aromatic nitrogens is 1. The second-order valence-electron chi connectivity index (χ2n) is 3.18. The van der Waals surface area contributed by atoms with Crippen LogP contribution in [0.4, 0.5) is 4.79 Å². The Kier molecular flexibility index (Phi) is 5.22. The minimum atomic E-state index is -0.380. The minimum Gasteiger partial charge on any atom is -0.443 e. The van der Waals surface area contributed by atoms with Crippen LogP contribution < -0.4 is 5.32 Å². The first-order chi connectivity index (χ1) is 7.33. The zero-order chi connectivity index (χ0) is 10.9. The fourth-order valence-electron chi connectivity index (χ4n) is 1.04. The number of nitrogens with zero attached hydrogens (tertiary/aromatic N) is 1. The number of amides is 1. The van der Waals surface area contributed by atoms with E-state index in [1.54, 1.807) is 6.20 Å². The third-order valence-electron chi connectivity index (χ3n) is 1.88. The normalized spacial score (nSPS) is 9.67. The fourth-order valence-corrected chi connectivity index (χ4v) is 1.04. The molecule has 1 aromatic heterocycles. The summed E-state index contributed by atoms with van der Waals surface area (Å²) >= 11 is 0. The molecule has 0 unspecified atom stereocenters. The van der Waals surface area contributed by atoms with E-state index in [0.29, 0.717) is 6.54 Å². The van der Waals surface area contributed by atoms with Crippen LogP contribution in [0.1, 0.15) is 25.5 Å². The highest BCUT2D eigenvalue weighted by Crippen LogP contribution is 1.96. The molecule has 0 saturated carbocycles. The van der Waals surface area contributed by atoms with E-state index in [4.69, 9.17) is 4.74 Å². The Morgan fingerprint density at radius 3 is 3.07 bits per heavy atom. The van der Waals surface area contributed by atoms with Crippen LogP contribution in [0.2, 0.25) is 0 Å². The van der Waals surface area contributed by atoms with Gasteiger partial charge >= 0.3 is 6.09 Å². The minimum absolute atomic E-state index is 0.221. The van der Waals surface area contributed by atoms with Gasteiger partial charge in [-0.1, -0.05) is 19.4 Å². The molecule has 1 amide bonds. The zero-order valence-electron chi connectivity index (χ0n) is 8.90. The molecule has 0 spiro atoms. The number of alkyl carbamates (subject to hydrolysis) is 1. The van der Waals surface area contributed by atoms with Gasteiger partial charge in [0, 0.05) is 12.7 Å². The average Bonchev–Trinajstić information content (AvgIpc) is 2.28. The average molecular weight is 208 g/mol. The van der Waals surface area contributed by atoms with Crippen LogP contribution in [-0.4, -0.2) is 17.6 Å². The highest BCUT2D eigenvalue weighted by Gasteiger charge is 2.01. The van der Waals surface area contributed by atoms with Crippen molar-refractivity contribution in [2.45, 2.75) is 26.4 Å². The molecule has 82 valence electrons. The summed E-state index contributed by atoms with van der Waals surface area (Å²) in [7, 11) is 0. The van der Waals surface area contributed by atoms with Gasteiger partial charge in [-0.05, 0) is 18.6 Å². The molecule has 1 rings (SSSR count). The molecule has 0 radical (unpaired) electrons. The molecule has 15 heavy (non-hydrogen) atoms. The summed E-state index contributed by atoms with van der Waals surface area (Å²) in [6, 6.07) is 5.50. The first-order valence-electron chi connectivity index (χ1n) is 5.13. The lowest BCUT2D eigenvalue weighted by molar-refractivity contribution is 0.138. The van der Waals surface area contributed by atoms with E-state index in [0.717, 1.165) is 18.5 Å². The molecular formula is C11H16N2O2. The zero-order valence-corrected chi connectivity index (χ0v) is 8.90. The van der Waals surface area contributed by atoms with Crippen LogP contribution in [-0.2, 0) is 11.3 Å². The molecule has 0 aliphatic rings. The van der Waals surface area contributed by atoms with Crippen molar-refractivity contribution in [3.05, 3.63) is 30.1 Å². The van der Waals surface area contributed by atoms with Crippen LogP contribution >= 0.6 is 0 Å². The second kappa shape index (κ2) is 6.81. The number of pyridine rings is 1. The van der Waals surface area contributed by atoms with Crippen molar-refractivity contribution in [2.75, 3.05) is 6.54 Å². The van der Waals surface area contributed by atoms with Crippen molar-refractivity contribution in [2.24, 2.45) is 0 Å². The van der Waals surface area contributed by atoms with Crippen molar-refractivity contribution in [1.82, 2.24) is 10.3 Å². The largest absolute Gasteiger partial charge is 0.443 e. The van der Waals surface area contributed by atoms with Gasteiger partial charge < -0.3 is 10.1 Å². The van der Waals surface area contributed by atoms with Crippen LogP contribution in [0.3, 0.4) is 0 Å². The first kappa shape index (κ1) is 11.5. The Morgan fingerprint density at radius 2 is 2.40 bits per heavy atom. The highest BCUT2D eigenvalue weighted by atomic mass is 16.5. The van der Waals surface area contributed by atoms with Gasteiger partial charge in [-0.25, -0.2) is 4.79 Å². The van der Waals surface area contributed by atoms with Gasteiger partial charge in [-0.2, -0.15) is 0 Å². The standard InChI is InChI=1S/C11H16N2O2/c1-2-3-7-13-11(14)15-9-10-6-4-5-8-12-10/h4-6,8H,2-3,7,9H2,1H3,(H,13,14). The monoisotopic (exact) mass is 208 g/mol. The summed E-state index contributed by atoms with van der Waals surface area (Å²) in [6.07, 6.45) is 3.32. The summed E-state index contributed by atoms with van der Waals surface area (Å²) in [5.41, 5.74) is 0.753. The lowest BCUT2D eigenvalue weighted by Gasteiger charge is -2.05. The van der Waals surface area contributed by atoms with Crippen LogP contribution in [0.25, 0.3) is 0 Å². The van der Waals surface area contributed by atoms with Gasteiger partial charge in [-0.15, -0.1) is 0 Å². The van der Waals surface area contributed by atoms with Gasteiger partial charge in [0.05, 0.1) is 5.69 Å². The molecule has 1 N–H and O–H groups in total. The van der Waals surface area contributed by atoms with E-state index in [1.807, 2.05) is 18.2 Å². The summed E-state index contributed by atoms with van der Waals surface area (Å²) < 4.78 is 4.96. The highest BCUT2D eigenvalue weighted by molar-refractivity contribution is 5.66. The molecule has 0 aliphatic carbocycles. The van der Waals surface area contributed by atoms with Gasteiger partial charge in [-0.3, -0.25) is 4.98 Å². The van der Waals surface area contributed by atoms with Crippen LogP contribution in [0.5, 0.6) is 0 Å². The van der Waals surface area contributed by atoms with Gasteiger partial charge in [0.2, 0.25) is 0 Å². The van der Waals surface area contributed by atoms with Crippen molar-refractivity contribution < 1.29 is 9.53 Å². The Balaban J connectivity index is 2.17. The maximum Gasteiger partial charge on any atom is 0.407 e. The summed E-state index contributed by atoms with van der Waals surface area (Å²) in [6.45, 7) is 2.96. The predicted molar refractivity (Wildman–Crippen MR) is 57.3 cm³/mol. The maximum atomic E-state index is 11.1. The summed E-state index contributed by atoms with van der Waals surface area (Å²) in [5, 5.41) is 2.66. The Bertz CT molecular complexity index is 288. The van der Waals surface area contributed by atoms with Crippen molar-refractivity contribution in [1.29, 1.82) is 0 Å². The number of unbranched alkanes of at least 4 members (excludes halogenated alkanes) is 1. The molecule has 4 nitrogen and oxygen atoms in total. The first-order valence-corrected chi connectivity index (χ1v) is 5.13. The molecule has 0 bridgehead atoms. The summed E-state index contributed by atoms with van der Waals surface area (Å²) in [4.78, 5) is 15.2. The SMILES string of the molecule is CCCCNC(=O)OCc1ccccn1. The number of hydrogen-bond acceptors (Lipinski definition) is 3. The van der Waals surface area contributed by atoms with Crippen molar-refractivity contribution >= 4 is 6.09 Å². The Labute approximate surface area is 89.7 Å². The van der Waals surface area contributed by atoms with E-state index in [-0.39, 0.29) is 12.7 Å². The summed E-state index contributed by atoms with van der Waals surface area (Å²) in [5.74, 6) is 0. The third kappa shape index (κ3) is 5.00. The van der Waals surface area contributed by atoms with Gasteiger partial charge in [0.1, 0.15) is 6.61 Å². The Morgan fingerprint density at radius 1 is 1.53 bits per heavy atom. The molecule has 0 fully saturated rings. The van der Waals surface area contributed by atoms with E-state index >= 15 is 0 Å². The van der Waals surface area contributed by atoms with Crippen LogP contribution in [0.15, 0.2) is 24.4 Å². The molecular weight excluding hydrogens is 192 g/mol. The maximum absolute atomic E-state index is 11.1. The van der Waals surface area contributed by atoms with Gasteiger partial charge in [0.15, 0.2) is 0 Å². The number of nitrogens with one attached hydrogen (secondary N) is 1. The third-order valence-corrected chi connectivity index (χ3v) is 1.88. The predicted octanol–water partition coefficient (Wildman–Crippen LogP) is 2.11. The number of carbonyl (C=O) groups is 1. The fraction of sp³-hybridized carbons (Fsp3) is 0.455. The topological polar surface area (TPSA) is 51.2 Å². The quantitative estimate of drug-likeness (QED) is 0.754. The molecule has 0 saturated heterocycles. The van der Waals surface area contributed by atoms with E-state index in [2.05, 4.69) is 17.2 Å². The van der Waals surface area contributed by atoms with E-state index < -0.39 is 0 Å². The number of hydrogen-bond donors (Lipinski definition) is 1. The van der Waals surface area contributed by atoms with Crippen molar-refractivity contribution in [3.8, 4) is 0 Å². The number of rotatable bonds is 5. The lowest BCUT2D eigenvalue weighted by Crippen LogP contribution is -2.25. The molecule has 0 atom stereocenters. The molecule has 1 heterocycles. The van der Waals surface area contributed by atoms with Crippen LogP contribution in [0, 0.1) is 0 Å². The molecule has 1 aromatic rings. The molecule has 4 heteroatoms.